The Labute approximate surface area is 131 Å². The molecule has 0 amide bonds. The number of aromatic amines is 1. The number of benzene rings is 1. The van der Waals surface area contributed by atoms with Crippen LogP contribution in [0.5, 0.6) is 0 Å². The van der Waals surface area contributed by atoms with E-state index in [1.165, 1.54) is 12.1 Å². The SMILES string of the molecule is CC1CC(O)(c2ccc(C(F)(F)F)cc2)CC(c2c[nH]cn2)N1. The predicted molar refractivity (Wildman–Crippen MR) is 78.5 cm³/mol. The maximum Gasteiger partial charge on any atom is 0.416 e. The minimum absolute atomic E-state index is 0.0118. The Morgan fingerprint density at radius 1 is 1.22 bits per heavy atom. The van der Waals surface area contributed by atoms with E-state index in [2.05, 4.69) is 15.3 Å². The summed E-state index contributed by atoms with van der Waals surface area (Å²) in [5.41, 5.74) is -0.616. The molecule has 0 spiro atoms. The molecule has 1 aliphatic heterocycles. The molecular formula is C16H18F3N3O. The molecule has 3 unspecified atom stereocenters. The van der Waals surface area contributed by atoms with E-state index in [1.807, 2.05) is 6.92 Å². The summed E-state index contributed by atoms with van der Waals surface area (Å²) in [5.74, 6) is 0. The van der Waals surface area contributed by atoms with Crippen molar-refractivity contribution in [1.82, 2.24) is 15.3 Å². The Kier molecular flexibility index (Phi) is 3.93. The van der Waals surface area contributed by atoms with Crippen LogP contribution in [0.15, 0.2) is 36.8 Å². The van der Waals surface area contributed by atoms with Gasteiger partial charge in [0.05, 0.1) is 29.2 Å². The van der Waals surface area contributed by atoms with E-state index >= 15 is 0 Å². The second kappa shape index (κ2) is 5.65. The zero-order chi connectivity index (χ0) is 16.7. The molecule has 4 nitrogen and oxygen atoms in total. The summed E-state index contributed by atoms with van der Waals surface area (Å²) < 4.78 is 38.0. The lowest BCUT2D eigenvalue weighted by Gasteiger charge is -2.41. The molecule has 3 N–H and O–H groups in total. The predicted octanol–water partition coefficient (Wildman–Crippen LogP) is 3.13. The third kappa shape index (κ3) is 3.25. The quantitative estimate of drug-likeness (QED) is 0.795. The van der Waals surface area contributed by atoms with Crippen molar-refractivity contribution in [3.05, 3.63) is 53.6 Å². The number of halogens is 3. The summed E-state index contributed by atoms with van der Waals surface area (Å²) in [6.45, 7) is 1.94. The molecule has 1 fully saturated rings. The highest BCUT2D eigenvalue weighted by Gasteiger charge is 2.40. The van der Waals surface area contributed by atoms with Gasteiger partial charge in [0, 0.05) is 18.7 Å². The second-order valence-corrected chi connectivity index (χ2v) is 6.13. The van der Waals surface area contributed by atoms with Gasteiger partial charge in [0.15, 0.2) is 0 Å². The Hall–Kier alpha value is -1.86. The van der Waals surface area contributed by atoms with E-state index < -0.39 is 17.3 Å². The van der Waals surface area contributed by atoms with Crippen molar-refractivity contribution < 1.29 is 18.3 Å². The Bertz CT molecular complexity index is 654. The van der Waals surface area contributed by atoms with Crippen LogP contribution in [0, 0.1) is 0 Å². The van der Waals surface area contributed by atoms with Gasteiger partial charge < -0.3 is 15.4 Å². The molecule has 1 saturated heterocycles. The van der Waals surface area contributed by atoms with Gasteiger partial charge in [-0.05, 0) is 31.0 Å². The van der Waals surface area contributed by atoms with E-state index in [0.717, 1.165) is 17.8 Å². The molecule has 0 radical (unpaired) electrons. The first-order chi connectivity index (χ1) is 10.8. The van der Waals surface area contributed by atoms with Crippen LogP contribution in [0.3, 0.4) is 0 Å². The van der Waals surface area contributed by atoms with Gasteiger partial charge >= 0.3 is 6.18 Å². The highest BCUT2D eigenvalue weighted by atomic mass is 19.4. The molecule has 124 valence electrons. The average Bonchev–Trinajstić information content (AvgIpc) is 3.00. The lowest BCUT2D eigenvalue weighted by molar-refractivity contribution is -0.137. The van der Waals surface area contributed by atoms with Crippen LogP contribution in [-0.4, -0.2) is 21.1 Å². The van der Waals surface area contributed by atoms with Crippen molar-refractivity contribution in [1.29, 1.82) is 0 Å². The number of H-pyrrole nitrogens is 1. The van der Waals surface area contributed by atoms with Gasteiger partial charge in [-0.25, -0.2) is 4.98 Å². The van der Waals surface area contributed by atoms with Crippen LogP contribution in [-0.2, 0) is 11.8 Å². The van der Waals surface area contributed by atoms with Crippen LogP contribution in [0.4, 0.5) is 13.2 Å². The molecular weight excluding hydrogens is 307 g/mol. The number of rotatable bonds is 2. The minimum atomic E-state index is -4.37. The molecule has 2 aromatic rings. The number of nitrogens with one attached hydrogen (secondary N) is 2. The van der Waals surface area contributed by atoms with Gasteiger partial charge in [-0.15, -0.1) is 0 Å². The molecule has 3 atom stereocenters. The van der Waals surface area contributed by atoms with Crippen LogP contribution < -0.4 is 5.32 Å². The summed E-state index contributed by atoms with van der Waals surface area (Å²) >= 11 is 0. The van der Waals surface area contributed by atoms with Crippen LogP contribution in [0.2, 0.25) is 0 Å². The number of imidazole rings is 1. The standard InChI is InChI=1S/C16H18F3N3O/c1-10-6-15(23,7-13(22-10)14-8-20-9-21-14)11-2-4-12(5-3-11)16(17,18)19/h2-5,8-10,13,22-23H,6-7H2,1H3,(H,20,21). The Morgan fingerprint density at radius 2 is 1.91 bits per heavy atom. The molecule has 3 rings (SSSR count). The van der Waals surface area contributed by atoms with Crippen molar-refractivity contribution in [3.8, 4) is 0 Å². The zero-order valence-corrected chi connectivity index (χ0v) is 12.6. The summed E-state index contributed by atoms with van der Waals surface area (Å²) in [4.78, 5) is 7.08. The molecule has 2 heterocycles. The third-order valence-electron chi connectivity index (χ3n) is 4.30. The number of hydrogen-bond donors (Lipinski definition) is 3. The van der Waals surface area contributed by atoms with Crippen LogP contribution in [0.25, 0.3) is 0 Å². The van der Waals surface area contributed by atoms with Gasteiger partial charge in [-0.2, -0.15) is 13.2 Å². The second-order valence-electron chi connectivity index (χ2n) is 6.13. The number of nitrogens with zero attached hydrogens (tertiary/aromatic N) is 1. The fourth-order valence-electron chi connectivity index (χ4n) is 3.25. The first kappa shape index (κ1) is 16.0. The van der Waals surface area contributed by atoms with Crippen LogP contribution >= 0.6 is 0 Å². The number of alkyl halides is 3. The summed E-state index contributed by atoms with van der Waals surface area (Å²) in [5, 5.41) is 14.4. The molecule has 23 heavy (non-hydrogen) atoms. The van der Waals surface area contributed by atoms with E-state index in [1.54, 1.807) is 12.5 Å². The highest BCUT2D eigenvalue weighted by molar-refractivity contribution is 5.30. The van der Waals surface area contributed by atoms with Crippen LogP contribution in [0.1, 0.15) is 42.6 Å². The fraction of sp³-hybridized carbons (Fsp3) is 0.438. The van der Waals surface area contributed by atoms with Gasteiger partial charge in [-0.1, -0.05) is 12.1 Å². The van der Waals surface area contributed by atoms with Gasteiger partial charge in [0.1, 0.15) is 0 Å². The molecule has 0 aliphatic carbocycles. The molecule has 0 bridgehead atoms. The zero-order valence-electron chi connectivity index (χ0n) is 12.6. The number of aliphatic hydroxyl groups is 1. The maximum atomic E-state index is 12.7. The van der Waals surface area contributed by atoms with E-state index in [-0.39, 0.29) is 12.1 Å². The summed E-state index contributed by atoms with van der Waals surface area (Å²) in [7, 11) is 0. The van der Waals surface area contributed by atoms with E-state index in [4.69, 9.17) is 0 Å². The Morgan fingerprint density at radius 3 is 2.48 bits per heavy atom. The van der Waals surface area contributed by atoms with Crippen molar-refractivity contribution in [2.45, 2.75) is 43.6 Å². The Balaban J connectivity index is 1.87. The molecule has 1 aliphatic rings. The smallest absolute Gasteiger partial charge is 0.385 e. The molecule has 0 saturated carbocycles. The number of piperidine rings is 1. The van der Waals surface area contributed by atoms with Crippen molar-refractivity contribution >= 4 is 0 Å². The third-order valence-corrected chi connectivity index (χ3v) is 4.30. The maximum absolute atomic E-state index is 12.7. The molecule has 1 aromatic carbocycles. The van der Waals surface area contributed by atoms with Crippen molar-refractivity contribution in [3.63, 3.8) is 0 Å². The summed E-state index contributed by atoms with van der Waals surface area (Å²) in [6, 6.07) is 4.62. The van der Waals surface area contributed by atoms with E-state index in [9.17, 15) is 18.3 Å². The largest absolute Gasteiger partial charge is 0.416 e. The monoisotopic (exact) mass is 325 g/mol. The van der Waals surface area contributed by atoms with Gasteiger partial charge in [0.2, 0.25) is 0 Å². The summed E-state index contributed by atoms with van der Waals surface area (Å²) in [6.07, 6.45) is -0.274. The lowest BCUT2D eigenvalue weighted by atomic mass is 9.78. The van der Waals surface area contributed by atoms with Crippen molar-refractivity contribution in [2.24, 2.45) is 0 Å². The molecule has 1 aromatic heterocycles. The van der Waals surface area contributed by atoms with Gasteiger partial charge in [0.25, 0.3) is 0 Å². The van der Waals surface area contributed by atoms with E-state index in [0.29, 0.717) is 18.4 Å². The van der Waals surface area contributed by atoms with Gasteiger partial charge in [-0.3, -0.25) is 0 Å². The first-order valence-electron chi connectivity index (χ1n) is 7.43. The lowest BCUT2D eigenvalue weighted by Crippen LogP contribution is -2.47. The molecule has 7 heteroatoms. The first-order valence-corrected chi connectivity index (χ1v) is 7.43. The number of aromatic nitrogens is 2. The number of hydrogen-bond acceptors (Lipinski definition) is 3. The highest BCUT2D eigenvalue weighted by Crippen LogP contribution is 2.40. The normalized spacial score (nSPS) is 28.7. The average molecular weight is 325 g/mol. The topological polar surface area (TPSA) is 60.9 Å². The fourth-order valence-corrected chi connectivity index (χ4v) is 3.25. The van der Waals surface area contributed by atoms with Crippen molar-refractivity contribution in [2.75, 3.05) is 0 Å². The minimum Gasteiger partial charge on any atom is -0.385 e.